The molecule has 0 atom stereocenters. The van der Waals surface area contributed by atoms with Gasteiger partial charge >= 0.3 is 0 Å². The quantitative estimate of drug-likeness (QED) is 0.698. The molecule has 0 aliphatic heterocycles. The SMILES string of the molecule is CC(C)(CCO)CNC(=O)c1cccc(F)c1N. The van der Waals surface area contributed by atoms with Gasteiger partial charge in [-0.1, -0.05) is 19.9 Å². The topological polar surface area (TPSA) is 75.3 Å². The Morgan fingerprint density at radius 3 is 2.78 bits per heavy atom. The first-order valence-corrected chi connectivity index (χ1v) is 5.80. The van der Waals surface area contributed by atoms with Gasteiger partial charge in [0.05, 0.1) is 11.3 Å². The highest BCUT2D eigenvalue weighted by molar-refractivity contribution is 5.99. The van der Waals surface area contributed by atoms with Gasteiger partial charge in [-0.3, -0.25) is 4.79 Å². The Labute approximate surface area is 106 Å². The van der Waals surface area contributed by atoms with Crippen molar-refractivity contribution >= 4 is 11.6 Å². The van der Waals surface area contributed by atoms with Crippen LogP contribution in [0.3, 0.4) is 0 Å². The van der Waals surface area contributed by atoms with Crippen molar-refractivity contribution in [2.75, 3.05) is 18.9 Å². The van der Waals surface area contributed by atoms with Crippen molar-refractivity contribution < 1.29 is 14.3 Å². The van der Waals surface area contributed by atoms with Gasteiger partial charge in [-0.05, 0) is 24.0 Å². The molecule has 0 spiro atoms. The number of carbonyl (C=O) groups excluding carboxylic acids is 1. The number of aliphatic hydroxyl groups excluding tert-OH is 1. The lowest BCUT2D eigenvalue weighted by molar-refractivity contribution is 0.0928. The number of para-hydroxylation sites is 1. The summed E-state index contributed by atoms with van der Waals surface area (Å²) in [6.07, 6.45) is 0.575. The summed E-state index contributed by atoms with van der Waals surface area (Å²) >= 11 is 0. The van der Waals surface area contributed by atoms with Crippen LogP contribution in [0.4, 0.5) is 10.1 Å². The number of hydrogen-bond acceptors (Lipinski definition) is 3. The summed E-state index contributed by atoms with van der Waals surface area (Å²) in [4.78, 5) is 11.8. The molecule has 0 aliphatic rings. The van der Waals surface area contributed by atoms with E-state index in [0.717, 1.165) is 0 Å². The smallest absolute Gasteiger partial charge is 0.253 e. The Balaban J connectivity index is 2.69. The van der Waals surface area contributed by atoms with E-state index in [-0.39, 0.29) is 23.3 Å². The molecule has 4 N–H and O–H groups in total. The number of rotatable bonds is 5. The molecule has 0 fully saturated rings. The van der Waals surface area contributed by atoms with Gasteiger partial charge in [0.2, 0.25) is 0 Å². The van der Waals surface area contributed by atoms with Gasteiger partial charge in [-0.25, -0.2) is 4.39 Å². The Kier molecular flexibility index (Phi) is 4.67. The zero-order chi connectivity index (χ0) is 13.8. The first-order valence-electron chi connectivity index (χ1n) is 5.80. The summed E-state index contributed by atoms with van der Waals surface area (Å²) in [5.74, 6) is -1.00. The number of anilines is 1. The molecule has 5 heteroatoms. The normalized spacial score (nSPS) is 11.3. The Bertz CT molecular complexity index is 433. The van der Waals surface area contributed by atoms with Crippen LogP contribution in [0.15, 0.2) is 18.2 Å². The van der Waals surface area contributed by atoms with Crippen LogP contribution in [0.2, 0.25) is 0 Å². The fourth-order valence-electron chi connectivity index (χ4n) is 1.54. The molecule has 0 saturated heterocycles. The van der Waals surface area contributed by atoms with Crippen molar-refractivity contribution in [3.63, 3.8) is 0 Å². The molecular formula is C13H19FN2O2. The molecule has 18 heavy (non-hydrogen) atoms. The van der Waals surface area contributed by atoms with Crippen LogP contribution in [0.25, 0.3) is 0 Å². The van der Waals surface area contributed by atoms with Gasteiger partial charge < -0.3 is 16.2 Å². The van der Waals surface area contributed by atoms with Crippen LogP contribution in [0.1, 0.15) is 30.6 Å². The molecule has 0 heterocycles. The van der Waals surface area contributed by atoms with E-state index >= 15 is 0 Å². The van der Waals surface area contributed by atoms with Crippen molar-refractivity contribution in [1.29, 1.82) is 0 Å². The maximum Gasteiger partial charge on any atom is 0.253 e. The van der Waals surface area contributed by atoms with Gasteiger partial charge in [0, 0.05) is 13.2 Å². The maximum atomic E-state index is 13.2. The fraction of sp³-hybridized carbons (Fsp3) is 0.462. The Morgan fingerprint density at radius 2 is 2.17 bits per heavy atom. The summed E-state index contributed by atoms with van der Waals surface area (Å²) in [5, 5.41) is 11.6. The number of nitrogen functional groups attached to an aromatic ring is 1. The number of amides is 1. The van der Waals surface area contributed by atoms with Crippen LogP contribution < -0.4 is 11.1 Å². The van der Waals surface area contributed by atoms with Gasteiger partial charge in [0.25, 0.3) is 5.91 Å². The standard InChI is InChI=1S/C13H19FN2O2/c1-13(2,6-7-17)8-16-12(18)9-4-3-5-10(14)11(9)15/h3-5,17H,6-8,15H2,1-2H3,(H,16,18). The third-order valence-electron chi connectivity index (χ3n) is 2.81. The van der Waals surface area contributed by atoms with Crippen LogP contribution in [0, 0.1) is 11.2 Å². The van der Waals surface area contributed by atoms with Crippen LogP contribution >= 0.6 is 0 Å². The zero-order valence-corrected chi connectivity index (χ0v) is 10.7. The number of nitrogens with one attached hydrogen (secondary N) is 1. The summed E-state index contributed by atoms with van der Waals surface area (Å²) in [5.41, 5.74) is 5.28. The Hall–Kier alpha value is -1.62. The van der Waals surface area contributed by atoms with E-state index in [1.807, 2.05) is 13.8 Å². The lowest BCUT2D eigenvalue weighted by Crippen LogP contribution is -2.35. The molecule has 0 unspecified atom stereocenters. The summed E-state index contributed by atoms with van der Waals surface area (Å²) in [7, 11) is 0. The van der Waals surface area contributed by atoms with Crippen molar-refractivity contribution in [2.24, 2.45) is 5.41 Å². The van der Waals surface area contributed by atoms with Gasteiger partial charge in [0.15, 0.2) is 0 Å². The van der Waals surface area contributed by atoms with E-state index in [0.29, 0.717) is 13.0 Å². The molecule has 0 aromatic heterocycles. The first kappa shape index (κ1) is 14.4. The minimum Gasteiger partial charge on any atom is -0.396 e. The number of aliphatic hydroxyl groups is 1. The van der Waals surface area contributed by atoms with Crippen molar-refractivity contribution in [1.82, 2.24) is 5.32 Å². The molecule has 1 aromatic carbocycles. The molecule has 1 rings (SSSR count). The van der Waals surface area contributed by atoms with E-state index in [4.69, 9.17) is 10.8 Å². The van der Waals surface area contributed by atoms with E-state index in [1.54, 1.807) is 0 Å². The maximum absolute atomic E-state index is 13.2. The van der Waals surface area contributed by atoms with Crippen molar-refractivity contribution in [3.8, 4) is 0 Å². The molecule has 0 bridgehead atoms. The number of hydrogen-bond donors (Lipinski definition) is 3. The van der Waals surface area contributed by atoms with E-state index in [1.165, 1.54) is 18.2 Å². The predicted octanol–water partition coefficient (Wildman–Crippen LogP) is 1.55. The van der Waals surface area contributed by atoms with Crippen LogP contribution in [0.5, 0.6) is 0 Å². The van der Waals surface area contributed by atoms with E-state index in [9.17, 15) is 9.18 Å². The molecule has 100 valence electrons. The number of carbonyl (C=O) groups is 1. The lowest BCUT2D eigenvalue weighted by Gasteiger charge is -2.24. The summed E-state index contributed by atoms with van der Waals surface area (Å²) < 4.78 is 13.2. The third-order valence-corrected chi connectivity index (χ3v) is 2.81. The monoisotopic (exact) mass is 254 g/mol. The molecule has 1 aromatic rings. The molecule has 0 saturated carbocycles. The van der Waals surface area contributed by atoms with Crippen molar-refractivity contribution in [3.05, 3.63) is 29.6 Å². The fourth-order valence-corrected chi connectivity index (χ4v) is 1.54. The second kappa shape index (κ2) is 5.82. The molecule has 1 amide bonds. The molecule has 0 radical (unpaired) electrons. The second-order valence-corrected chi connectivity index (χ2v) is 5.02. The number of benzene rings is 1. The van der Waals surface area contributed by atoms with Crippen molar-refractivity contribution in [2.45, 2.75) is 20.3 Å². The second-order valence-electron chi connectivity index (χ2n) is 5.02. The summed E-state index contributed by atoms with van der Waals surface area (Å²) in [6.45, 7) is 4.31. The highest BCUT2D eigenvalue weighted by Gasteiger charge is 2.19. The largest absolute Gasteiger partial charge is 0.396 e. The highest BCUT2D eigenvalue weighted by atomic mass is 19.1. The van der Waals surface area contributed by atoms with Gasteiger partial charge in [0.1, 0.15) is 5.82 Å². The minimum absolute atomic E-state index is 0.0605. The van der Waals surface area contributed by atoms with Crippen LogP contribution in [-0.2, 0) is 0 Å². The minimum atomic E-state index is -0.600. The summed E-state index contributed by atoms with van der Waals surface area (Å²) in [6, 6.07) is 4.13. The van der Waals surface area contributed by atoms with Crippen LogP contribution in [-0.4, -0.2) is 24.2 Å². The molecular weight excluding hydrogens is 235 g/mol. The van der Waals surface area contributed by atoms with Gasteiger partial charge in [-0.2, -0.15) is 0 Å². The molecule has 4 nitrogen and oxygen atoms in total. The lowest BCUT2D eigenvalue weighted by atomic mass is 9.89. The van der Waals surface area contributed by atoms with Gasteiger partial charge in [-0.15, -0.1) is 0 Å². The number of halogens is 1. The highest BCUT2D eigenvalue weighted by Crippen LogP contribution is 2.19. The van der Waals surface area contributed by atoms with E-state index < -0.39 is 11.7 Å². The first-order chi connectivity index (χ1) is 8.37. The average Bonchev–Trinajstić information content (AvgIpc) is 2.30. The molecule has 0 aliphatic carbocycles. The zero-order valence-electron chi connectivity index (χ0n) is 10.7. The predicted molar refractivity (Wildman–Crippen MR) is 68.6 cm³/mol. The van der Waals surface area contributed by atoms with E-state index in [2.05, 4.69) is 5.32 Å². The Morgan fingerprint density at radius 1 is 1.50 bits per heavy atom. The average molecular weight is 254 g/mol. The third kappa shape index (κ3) is 3.70. The number of nitrogens with two attached hydrogens (primary N) is 1.